The molecule has 2 N–H and O–H groups in total. The van der Waals surface area contributed by atoms with Gasteiger partial charge in [0.1, 0.15) is 12.3 Å². The molecule has 1 atom stereocenters. The Bertz CT molecular complexity index is 941. The summed E-state index contributed by atoms with van der Waals surface area (Å²) in [4.78, 5) is 14.5. The predicted molar refractivity (Wildman–Crippen MR) is 106 cm³/mol. The molecule has 142 valence electrons. The van der Waals surface area contributed by atoms with Gasteiger partial charge in [0, 0.05) is 12.1 Å². The number of carbonyl (C=O) groups excluding carboxylic acids is 1. The minimum absolute atomic E-state index is 0.0437. The summed E-state index contributed by atoms with van der Waals surface area (Å²) in [6, 6.07) is 11.6. The first-order chi connectivity index (χ1) is 13.0. The number of carbonyl (C=O) groups is 1. The Balaban J connectivity index is 1.70. The molecule has 0 fully saturated rings. The number of hydrogen-bond donors (Lipinski definition) is 2. The number of aromatic amines is 1. The van der Waals surface area contributed by atoms with E-state index in [4.69, 9.17) is 16.6 Å². The van der Waals surface area contributed by atoms with Crippen LogP contribution in [0.3, 0.4) is 0 Å². The first-order valence-corrected chi connectivity index (χ1v) is 9.05. The Morgan fingerprint density at radius 1 is 1.33 bits per heavy atom. The van der Waals surface area contributed by atoms with Gasteiger partial charge in [-0.3, -0.25) is 19.4 Å². The number of nitrogens with zero attached hydrogens (tertiary/aromatic N) is 3. The Kier molecular flexibility index (Phi) is 5.88. The molecule has 0 aliphatic carbocycles. The van der Waals surface area contributed by atoms with Gasteiger partial charge < -0.3 is 9.73 Å². The summed E-state index contributed by atoms with van der Waals surface area (Å²) >= 11 is 5.30. The van der Waals surface area contributed by atoms with E-state index in [2.05, 4.69) is 15.5 Å². The lowest BCUT2D eigenvalue weighted by Crippen LogP contribution is -2.36. The maximum Gasteiger partial charge on any atom is 0.240 e. The van der Waals surface area contributed by atoms with Crippen molar-refractivity contribution in [3.05, 3.63) is 58.8 Å². The first-order valence-electron chi connectivity index (χ1n) is 8.64. The molecular formula is C19H23N5O2S. The standard InChI is InChI=1S/C19H23N5O2S/c1-13-6-8-14(9-7-13)18-21-22-19(27)24(18)12-17(25)20-11-15(23(2)3)16-5-4-10-26-16/h4-10,15H,11-12H2,1-3H3,(H,20,25)(H,22,27)/t15-/m1/s1. The monoisotopic (exact) mass is 385 g/mol. The van der Waals surface area contributed by atoms with E-state index in [9.17, 15) is 4.79 Å². The second kappa shape index (κ2) is 8.32. The topological polar surface area (TPSA) is 79.1 Å². The molecule has 1 aromatic carbocycles. The Labute approximate surface area is 163 Å². The van der Waals surface area contributed by atoms with Gasteiger partial charge in [0.05, 0.1) is 12.3 Å². The van der Waals surface area contributed by atoms with Crippen molar-refractivity contribution in [1.82, 2.24) is 25.0 Å². The predicted octanol–water partition coefficient (Wildman–Crippen LogP) is 2.93. The molecule has 0 saturated carbocycles. The van der Waals surface area contributed by atoms with Crippen molar-refractivity contribution in [1.29, 1.82) is 0 Å². The molecule has 0 aliphatic heterocycles. The third kappa shape index (κ3) is 4.53. The zero-order chi connectivity index (χ0) is 19.4. The molecule has 7 nitrogen and oxygen atoms in total. The number of furan rings is 1. The van der Waals surface area contributed by atoms with Crippen molar-refractivity contribution in [2.24, 2.45) is 0 Å². The minimum atomic E-state index is -0.140. The molecule has 0 radical (unpaired) electrons. The lowest BCUT2D eigenvalue weighted by atomic mass is 10.1. The second-order valence-corrected chi connectivity index (χ2v) is 6.99. The smallest absolute Gasteiger partial charge is 0.240 e. The molecule has 0 aliphatic rings. The molecule has 3 rings (SSSR count). The lowest BCUT2D eigenvalue weighted by molar-refractivity contribution is -0.121. The van der Waals surface area contributed by atoms with Crippen LogP contribution in [0, 0.1) is 11.7 Å². The largest absolute Gasteiger partial charge is 0.468 e. The van der Waals surface area contributed by atoms with Crippen LogP contribution >= 0.6 is 12.2 Å². The average Bonchev–Trinajstić information content (AvgIpc) is 3.27. The van der Waals surface area contributed by atoms with E-state index in [1.165, 1.54) is 0 Å². The number of likely N-dealkylation sites (N-methyl/N-ethyl adjacent to an activating group) is 1. The quantitative estimate of drug-likeness (QED) is 0.612. The molecule has 0 spiro atoms. The summed E-state index contributed by atoms with van der Waals surface area (Å²) in [7, 11) is 3.89. The molecule has 2 heterocycles. The highest BCUT2D eigenvalue weighted by Gasteiger charge is 2.19. The molecule has 1 amide bonds. The van der Waals surface area contributed by atoms with Gasteiger partial charge in [-0.2, -0.15) is 5.10 Å². The number of hydrogen-bond acceptors (Lipinski definition) is 5. The number of rotatable bonds is 7. The Hall–Kier alpha value is -2.71. The van der Waals surface area contributed by atoms with Crippen molar-refractivity contribution in [2.45, 2.75) is 19.5 Å². The summed E-state index contributed by atoms with van der Waals surface area (Å²) in [5.74, 6) is 1.31. The van der Waals surface area contributed by atoms with Crippen LogP contribution in [0.1, 0.15) is 17.4 Å². The third-order valence-corrected chi connectivity index (χ3v) is 4.67. The molecule has 27 heavy (non-hydrogen) atoms. The van der Waals surface area contributed by atoms with Gasteiger partial charge in [-0.25, -0.2) is 0 Å². The lowest BCUT2D eigenvalue weighted by Gasteiger charge is -2.22. The fraction of sp³-hybridized carbons (Fsp3) is 0.316. The zero-order valence-electron chi connectivity index (χ0n) is 15.6. The number of benzene rings is 1. The summed E-state index contributed by atoms with van der Waals surface area (Å²) in [5.41, 5.74) is 2.06. The Morgan fingerprint density at radius 3 is 2.70 bits per heavy atom. The maximum absolute atomic E-state index is 12.5. The SMILES string of the molecule is Cc1ccc(-c2n[nH]c(=S)n2CC(=O)NC[C@H](c2ccco2)N(C)C)cc1. The van der Waals surface area contributed by atoms with Gasteiger partial charge in [-0.1, -0.05) is 29.8 Å². The molecule has 8 heteroatoms. The number of aryl methyl sites for hydroxylation is 1. The van der Waals surface area contributed by atoms with Crippen LogP contribution in [0.4, 0.5) is 0 Å². The van der Waals surface area contributed by atoms with E-state index in [1.54, 1.807) is 10.8 Å². The third-order valence-electron chi connectivity index (χ3n) is 4.36. The number of aromatic nitrogens is 3. The zero-order valence-corrected chi connectivity index (χ0v) is 16.4. The van der Waals surface area contributed by atoms with Crippen molar-refractivity contribution in [3.63, 3.8) is 0 Å². The van der Waals surface area contributed by atoms with Gasteiger partial charge >= 0.3 is 0 Å². The van der Waals surface area contributed by atoms with Gasteiger partial charge in [0.25, 0.3) is 0 Å². The molecule has 0 saturated heterocycles. The minimum Gasteiger partial charge on any atom is -0.468 e. The summed E-state index contributed by atoms with van der Waals surface area (Å²) in [6.07, 6.45) is 1.63. The maximum atomic E-state index is 12.5. The van der Waals surface area contributed by atoms with Gasteiger partial charge in [-0.05, 0) is 45.4 Å². The Morgan fingerprint density at radius 2 is 2.07 bits per heavy atom. The highest BCUT2D eigenvalue weighted by molar-refractivity contribution is 7.71. The fourth-order valence-electron chi connectivity index (χ4n) is 2.82. The van der Waals surface area contributed by atoms with Gasteiger partial charge in [0.15, 0.2) is 10.6 Å². The van der Waals surface area contributed by atoms with Crippen LogP contribution in [-0.4, -0.2) is 46.2 Å². The van der Waals surface area contributed by atoms with Crippen LogP contribution in [0.15, 0.2) is 47.1 Å². The van der Waals surface area contributed by atoms with E-state index >= 15 is 0 Å². The van der Waals surface area contributed by atoms with Crippen molar-refractivity contribution in [3.8, 4) is 11.4 Å². The molecule has 0 bridgehead atoms. The number of amides is 1. The normalized spacial score (nSPS) is 12.3. The van der Waals surface area contributed by atoms with Crippen LogP contribution < -0.4 is 5.32 Å². The summed E-state index contributed by atoms with van der Waals surface area (Å²) in [5, 5.41) is 10.0. The second-order valence-electron chi connectivity index (χ2n) is 6.60. The molecule has 2 aromatic heterocycles. The molecular weight excluding hydrogens is 362 g/mol. The van der Waals surface area contributed by atoms with E-state index < -0.39 is 0 Å². The van der Waals surface area contributed by atoms with E-state index in [0.717, 1.165) is 16.9 Å². The van der Waals surface area contributed by atoms with E-state index in [1.807, 2.05) is 62.3 Å². The van der Waals surface area contributed by atoms with Crippen molar-refractivity contribution < 1.29 is 9.21 Å². The van der Waals surface area contributed by atoms with E-state index in [-0.39, 0.29) is 18.5 Å². The average molecular weight is 385 g/mol. The van der Waals surface area contributed by atoms with Crippen LogP contribution in [0.2, 0.25) is 0 Å². The fourth-order valence-corrected chi connectivity index (χ4v) is 3.01. The van der Waals surface area contributed by atoms with Crippen molar-refractivity contribution in [2.75, 3.05) is 20.6 Å². The van der Waals surface area contributed by atoms with Gasteiger partial charge in [-0.15, -0.1) is 0 Å². The summed E-state index contributed by atoms with van der Waals surface area (Å²) in [6.45, 7) is 2.55. The molecule has 3 aromatic rings. The van der Waals surface area contributed by atoms with Crippen LogP contribution in [0.5, 0.6) is 0 Å². The number of nitrogens with one attached hydrogen (secondary N) is 2. The highest BCUT2D eigenvalue weighted by atomic mass is 32.1. The van der Waals surface area contributed by atoms with Crippen LogP contribution in [-0.2, 0) is 11.3 Å². The first kappa shape index (κ1) is 19.1. The van der Waals surface area contributed by atoms with Crippen LogP contribution in [0.25, 0.3) is 11.4 Å². The molecule has 0 unspecified atom stereocenters. The number of H-pyrrole nitrogens is 1. The highest BCUT2D eigenvalue weighted by Crippen LogP contribution is 2.19. The summed E-state index contributed by atoms with van der Waals surface area (Å²) < 4.78 is 7.59. The van der Waals surface area contributed by atoms with Gasteiger partial charge in [0.2, 0.25) is 5.91 Å². The van der Waals surface area contributed by atoms with Crippen molar-refractivity contribution >= 4 is 18.1 Å². The van der Waals surface area contributed by atoms with E-state index in [0.29, 0.717) is 17.1 Å².